The van der Waals surface area contributed by atoms with E-state index >= 15 is 0 Å². The van der Waals surface area contributed by atoms with Crippen molar-refractivity contribution in [1.29, 1.82) is 0 Å². The van der Waals surface area contributed by atoms with Gasteiger partial charge in [0.25, 0.3) is 5.91 Å². The highest BCUT2D eigenvalue weighted by atomic mass is 35.5. The Bertz CT molecular complexity index is 612. The molecule has 0 atom stereocenters. The number of amides is 1. The molecule has 2 aromatic rings. The lowest BCUT2D eigenvalue weighted by molar-refractivity contribution is 0.0947. The first kappa shape index (κ1) is 14.3. The molecule has 0 aromatic carbocycles. The molecule has 7 heteroatoms. The minimum absolute atomic E-state index is 0.230. The summed E-state index contributed by atoms with van der Waals surface area (Å²) in [6, 6.07) is 3.12. The van der Waals surface area contributed by atoms with E-state index in [1.165, 1.54) is 6.07 Å². The monoisotopic (exact) mass is 294 g/mol. The van der Waals surface area contributed by atoms with Crippen LogP contribution in [-0.2, 0) is 13.0 Å². The molecule has 2 heterocycles. The number of nitrogens with zero attached hydrogens (tertiary/aromatic N) is 2. The predicted octanol–water partition coefficient (Wildman–Crippen LogP) is 2.26. The van der Waals surface area contributed by atoms with Gasteiger partial charge in [0.15, 0.2) is 0 Å². The van der Waals surface area contributed by atoms with Gasteiger partial charge in [-0.1, -0.05) is 18.5 Å². The van der Waals surface area contributed by atoms with Crippen LogP contribution in [0, 0.1) is 0 Å². The lowest BCUT2D eigenvalue weighted by Crippen LogP contribution is -2.23. The summed E-state index contributed by atoms with van der Waals surface area (Å²) < 4.78 is 5.41. The second-order valence-electron chi connectivity index (χ2n) is 4.07. The van der Waals surface area contributed by atoms with Crippen LogP contribution in [0.5, 0.6) is 0 Å². The van der Waals surface area contributed by atoms with Gasteiger partial charge >= 0.3 is 0 Å². The summed E-state index contributed by atoms with van der Waals surface area (Å²) in [5.74, 6) is 1.54. The fraction of sp³-hybridized carbons (Fsp3) is 0.308. The number of hydrogen-bond donors (Lipinski definition) is 2. The van der Waals surface area contributed by atoms with Crippen LogP contribution in [0.2, 0.25) is 5.15 Å². The summed E-state index contributed by atoms with van der Waals surface area (Å²) in [6.07, 6.45) is 2.43. The Labute approximate surface area is 121 Å². The van der Waals surface area contributed by atoms with Crippen molar-refractivity contribution in [3.05, 3.63) is 40.7 Å². The molecule has 20 heavy (non-hydrogen) atoms. The third-order valence-corrected chi connectivity index (χ3v) is 2.86. The maximum Gasteiger partial charge on any atom is 0.251 e. The predicted molar refractivity (Wildman–Crippen MR) is 75.8 cm³/mol. The van der Waals surface area contributed by atoms with Crippen molar-refractivity contribution < 1.29 is 9.21 Å². The van der Waals surface area contributed by atoms with E-state index in [0.717, 1.165) is 12.2 Å². The van der Waals surface area contributed by atoms with Crippen molar-refractivity contribution in [2.75, 3.05) is 12.4 Å². The Kier molecular flexibility index (Phi) is 4.57. The smallest absolute Gasteiger partial charge is 0.251 e. The molecule has 106 valence electrons. The Balaban J connectivity index is 2.02. The van der Waals surface area contributed by atoms with Crippen molar-refractivity contribution >= 4 is 23.3 Å². The maximum atomic E-state index is 12.0. The maximum absolute atomic E-state index is 12.0. The largest absolute Gasteiger partial charge is 0.444 e. The molecule has 0 aliphatic rings. The van der Waals surface area contributed by atoms with E-state index in [4.69, 9.17) is 16.0 Å². The van der Waals surface area contributed by atoms with Crippen molar-refractivity contribution in [2.24, 2.45) is 0 Å². The number of halogens is 1. The van der Waals surface area contributed by atoms with Crippen LogP contribution >= 0.6 is 11.6 Å². The first-order valence-electron chi connectivity index (χ1n) is 6.19. The van der Waals surface area contributed by atoms with Crippen molar-refractivity contribution in [3.63, 3.8) is 0 Å². The van der Waals surface area contributed by atoms with E-state index in [-0.39, 0.29) is 17.6 Å². The second-order valence-corrected chi connectivity index (χ2v) is 4.46. The van der Waals surface area contributed by atoms with Crippen molar-refractivity contribution in [3.8, 4) is 0 Å². The van der Waals surface area contributed by atoms with E-state index in [0.29, 0.717) is 17.3 Å². The van der Waals surface area contributed by atoms with E-state index < -0.39 is 0 Å². The SMILES string of the molecule is CCc1cnc(CNC(=O)c2cc(Cl)nc(NC)c2)o1. The second kappa shape index (κ2) is 6.38. The number of nitrogens with one attached hydrogen (secondary N) is 2. The van der Waals surface area contributed by atoms with E-state index in [2.05, 4.69) is 20.6 Å². The van der Waals surface area contributed by atoms with Crippen LogP contribution in [-0.4, -0.2) is 22.9 Å². The minimum Gasteiger partial charge on any atom is -0.444 e. The number of oxazole rings is 1. The zero-order valence-electron chi connectivity index (χ0n) is 11.2. The van der Waals surface area contributed by atoms with Crippen molar-refractivity contribution in [2.45, 2.75) is 19.9 Å². The minimum atomic E-state index is -0.262. The van der Waals surface area contributed by atoms with Crippen molar-refractivity contribution in [1.82, 2.24) is 15.3 Å². The number of pyridine rings is 1. The number of carbonyl (C=O) groups is 1. The summed E-state index contributed by atoms with van der Waals surface area (Å²) >= 11 is 5.85. The summed E-state index contributed by atoms with van der Waals surface area (Å²) in [5, 5.41) is 5.82. The molecule has 0 unspecified atom stereocenters. The summed E-state index contributed by atoms with van der Waals surface area (Å²) in [6.45, 7) is 2.20. The van der Waals surface area contributed by atoms with E-state index in [9.17, 15) is 4.79 Å². The molecule has 0 radical (unpaired) electrons. The molecule has 0 aliphatic carbocycles. The molecule has 1 amide bonds. The van der Waals surface area contributed by atoms with Gasteiger partial charge in [0, 0.05) is 19.0 Å². The molecular weight excluding hydrogens is 280 g/mol. The molecule has 0 aliphatic heterocycles. The van der Waals surface area contributed by atoms with E-state index in [1.807, 2.05) is 6.92 Å². The standard InChI is InChI=1S/C13H15ClN4O2/c1-3-9-6-16-12(20-9)7-17-13(19)8-4-10(14)18-11(5-8)15-2/h4-6H,3,7H2,1-2H3,(H,15,18)(H,17,19). The zero-order valence-corrected chi connectivity index (χ0v) is 12.0. The number of hydrogen-bond acceptors (Lipinski definition) is 5. The Hall–Kier alpha value is -2.08. The molecule has 0 saturated carbocycles. The van der Waals surface area contributed by atoms with Gasteiger partial charge in [-0.05, 0) is 12.1 Å². The van der Waals surface area contributed by atoms with Crippen LogP contribution in [0.25, 0.3) is 0 Å². The molecular formula is C13H15ClN4O2. The molecule has 0 spiro atoms. The first-order chi connectivity index (χ1) is 9.62. The normalized spacial score (nSPS) is 10.3. The van der Waals surface area contributed by atoms with Gasteiger partial charge in [0.2, 0.25) is 5.89 Å². The molecule has 2 N–H and O–H groups in total. The van der Waals surface area contributed by atoms with Crippen LogP contribution in [0.4, 0.5) is 5.82 Å². The summed E-state index contributed by atoms with van der Waals surface area (Å²) in [5.41, 5.74) is 0.427. The van der Waals surface area contributed by atoms with Crippen LogP contribution in [0.1, 0.15) is 28.9 Å². The number of carbonyl (C=O) groups excluding carboxylic acids is 1. The number of anilines is 1. The lowest BCUT2D eigenvalue weighted by atomic mass is 10.2. The number of aromatic nitrogens is 2. The highest BCUT2D eigenvalue weighted by molar-refractivity contribution is 6.29. The van der Waals surface area contributed by atoms with Gasteiger partial charge in [-0.25, -0.2) is 9.97 Å². The molecule has 0 fully saturated rings. The fourth-order valence-corrected chi connectivity index (χ4v) is 1.82. The number of rotatable bonds is 5. The quantitative estimate of drug-likeness (QED) is 0.827. The van der Waals surface area contributed by atoms with Gasteiger partial charge in [0.1, 0.15) is 16.7 Å². The average molecular weight is 295 g/mol. The van der Waals surface area contributed by atoms with Crippen LogP contribution in [0.3, 0.4) is 0 Å². The third-order valence-electron chi connectivity index (χ3n) is 2.66. The first-order valence-corrected chi connectivity index (χ1v) is 6.57. The molecule has 0 bridgehead atoms. The Morgan fingerprint density at radius 3 is 2.90 bits per heavy atom. The van der Waals surface area contributed by atoms with Gasteiger partial charge < -0.3 is 15.1 Å². The van der Waals surface area contributed by atoms with Crippen LogP contribution in [0.15, 0.2) is 22.7 Å². The van der Waals surface area contributed by atoms with Gasteiger partial charge in [0.05, 0.1) is 12.7 Å². The Morgan fingerprint density at radius 2 is 2.25 bits per heavy atom. The Morgan fingerprint density at radius 1 is 1.45 bits per heavy atom. The molecule has 6 nitrogen and oxygen atoms in total. The summed E-state index contributed by atoms with van der Waals surface area (Å²) in [7, 11) is 1.71. The molecule has 2 aromatic heterocycles. The average Bonchev–Trinajstić information content (AvgIpc) is 2.92. The number of aryl methyl sites for hydroxylation is 1. The summed E-state index contributed by atoms with van der Waals surface area (Å²) in [4.78, 5) is 20.1. The topological polar surface area (TPSA) is 80.0 Å². The fourth-order valence-electron chi connectivity index (χ4n) is 1.61. The zero-order chi connectivity index (χ0) is 14.5. The van der Waals surface area contributed by atoms with E-state index in [1.54, 1.807) is 19.3 Å². The molecule has 2 rings (SSSR count). The third kappa shape index (κ3) is 3.48. The molecule has 0 saturated heterocycles. The highest BCUT2D eigenvalue weighted by Crippen LogP contribution is 2.14. The highest BCUT2D eigenvalue weighted by Gasteiger charge is 2.10. The van der Waals surface area contributed by atoms with Gasteiger partial charge in [-0.3, -0.25) is 4.79 Å². The van der Waals surface area contributed by atoms with Crippen LogP contribution < -0.4 is 10.6 Å². The van der Waals surface area contributed by atoms with Gasteiger partial charge in [-0.2, -0.15) is 0 Å². The van der Waals surface area contributed by atoms with Gasteiger partial charge in [-0.15, -0.1) is 0 Å². The lowest BCUT2D eigenvalue weighted by Gasteiger charge is -2.06.